The summed E-state index contributed by atoms with van der Waals surface area (Å²) in [5, 5.41) is 0. The number of carbonyl (C=O) groups excluding carboxylic acids is 1. The molecule has 26 heavy (non-hydrogen) atoms. The lowest BCUT2D eigenvalue weighted by molar-refractivity contribution is 0.0600. The molecule has 134 valence electrons. The van der Waals surface area contributed by atoms with E-state index in [0.717, 1.165) is 49.3 Å². The maximum absolute atomic E-state index is 11.5. The average Bonchev–Trinajstić information content (AvgIpc) is 3.13. The molecule has 0 aliphatic carbocycles. The van der Waals surface area contributed by atoms with Gasteiger partial charge in [-0.05, 0) is 55.8 Å². The fraction of sp³-hybridized carbons (Fsp3) is 0.333. The van der Waals surface area contributed by atoms with Gasteiger partial charge in [-0.15, -0.1) is 0 Å². The van der Waals surface area contributed by atoms with Gasteiger partial charge in [-0.1, -0.05) is 24.3 Å². The fourth-order valence-electron chi connectivity index (χ4n) is 3.65. The molecule has 3 aromatic rings. The highest BCUT2D eigenvalue weighted by molar-refractivity contribution is 5.89. The molecule has 1 N–H and O–H groups in total. The summed E-state index contributed by atoms with van der Waals surface area (Å²) in [6.45, 7) is 3.02. The second kappa shape index (κ2) is 7.30. The van der Waals surface area contributed by atoms with Gasteiger partial charge in [0, 0.05) is 12.5 Å². The number of ether oxygens (including phenoxy) is 1. The molecule has 0 radical (unpaired) electrons. The third-order valence-corrected chi connectivity index (χ3v) is 5.16. The normalized spacial score (nSPS) is 16.0. The number of methoxy groups -OCH3 is 1. The van der Waals surface area contributed by atoms with Crippen LogP contribution in [0.4, 0.5) is 0 Å². The lowest BCUT2D eigenvalue weighted by Gasteiger charge is -2.31. The summed E-state index contributed by atoms with van der Waals surface area (Å²) in [6.07, 6.45) is 2.22. The molecule has 1 aliphatic heterocycles. The molecule has 2 heterocycles. The zero-order valence-electron chi connectivity index (χ0n) is 14.9. The molecular formula is C21H23N3O2. The molecule has 4 rings (SSSR count). The van der Waals surface area contributed by atoms with Crippen LogP contribution >= 0.6 is 0 Å². The van der Waals surface area contributed by atoms with Gasteiger partial charge in [-0.25, -0.2) is 9.78 Å². The lowest BCUT2D eigenvalue weighted by Crippen LogP contribution is -2.32. The van der Waals surface area contributed by atoms with Crippen molar-refractivity contribution in [2.45, 2.75) is 25.3 Å². The van der Waals surface area contributed by atoms with Crippen molar-refractivity contribution in [3.8, 4) is 0 Å². The molecule has 5 heteroatoms. The predicted octanol–water partition coefficient (Wildman–Crippen LogP) is 3.73. The number of rotatable bonds is 4. The molecule has 1 saturated heterocycles. The van der Waals surface area contributed by atoms with Crippen LogP contribution in [0.25, 0.3) is 11.0 Å². The fourth-order valence-corrected chi connectivity index (χ4v) is 3.65. The molecule has 0 unspecified atom stereocenters. The minimum atomic E-state index is -0.289. The summed E-state index contributed by atoms with van der Waals surface area (Å²) in [5.74, 6) is 1.33. The van der Waals surface area contributed by atoms with Crippen LogP contribution in [0, 0.1) is 0 Å². The molecule has 2 aromatic carbocycles. The standard InChI is InChI=1S/C21H23N3O2/c1-26-21(25)17-8-6-15(7-9-17)14-24-12-10-16(11-13-24)20-22-18-4-2-3-5-19(18)23-20/h2-9,16H,10-14H2,1H3,(H,22,23). The van der Waals surface area contributed by atoms with Crippen LogP contribution in [0.1, 0.15) is 40.5 Å². The number of esters is 1. The number of aromatic nitrogens is 2. The number of aromatic amines is 1. The van der Waals surface area contributed by atoms with E-state index in [1.807, 2.05) is 36.4 Å². The van der Waals surface area contributed by atoms with Crippen LogP contribution in [-0.2, 0) is 11.3 Å². The highest BCUT2D eigenvalue weighted by Gasteiger charge is 2.23. The average molecular weight is 349 g/mol. The Hall–Kier alpha value is -2.66. The van der Waals surface area contributed by atoms with Crippen LogP contribution in [0.3, 0.4) is 0 Å². The minimum absolute atomic E-state index is 0.289. The molecule has 0 spiro atoms. The largest absolute Gasteiger partial charge is 0.465 e. The van der Waals surface area contributed by atoms with E-state index in [1.165, 1.54) is 12.7 Å². The first-order chi connectivity index (χ1) is 12.7. The maximum atomic E-state index is 11.5. The van der Waals surface area contributed by atoms with Gasteiger partial charge in [0.1, 0.15) is 5.82 Å². The van der Waals surface area contributed by atoms with E-state index >= 15 is 0 Å². The Labute approximate surface area is 153 Å². The quantitative estimate of drug-likeness (QED) is 0.729. The van der Waals surface area contributed by atoms with Gasteiger partial charge in [0.25, 0.3) is 0 Å². The monoisotopic (exact) mass is 349 g/mol. The summed E-state index contributed by atoms with van der Waals surface area (Å²) < 4.78 is 4.74. The Morgan fingerprint density at radius 3 is 2.58 bits per heavy atom. The van der Waals surface area contributed by atoms with E-state index in [9.17, 15) is 4.79 Å². The summed E-state index contributed by atoms with van der Waals surface area (Å²) in [5.41, 5.74) is 3.99. The third-order valence-electron chi connectivity index (χ3n) is 5.16. The molecule has 0 saturated carbocycles. The van der Waals surface area contributed by atoms with Crippen LogP contribution in [-0.4, -0.2) is 41.0 Å². The van der Waals surface area contributed by atoms with Crippen LogP contribution in [0.5, 0.6) is 0 Å². The van der Waals surface area contributed by atoms with Gasteiger partial charge >= 0.3 is 5.97 Å². The van der Waals surface area contributed by atoms with Gasteiger partial charge in [0.2, 0.25) is 0 Å². The van der Waals surface area contributed by atoms with Gasteiger partial charge in [-0.2, -0.15) is 0 Å². The Kier molecular flexibility index (Phi) is 4.71. The molecule has 0 bridgehead atoms. The van der Waals surface area contributed by atoms with Crippen LogP contribution < -0.4 is 0 Å². The van der Waals surface area contributed by atoms with Crippen molar-refractivity contribution in [1.29, 1.82) is 0 Å². The van der Waals surface area contributed by atoms with Gasteiger partial charge < -0.3 is 9.72 Å². The number of hydrogen-bond acceptors (Lipinski definition) is 4. The summed E-state index contributed by atoms with van der Waals surface area (Å²) in [4.78, 5) is 22.2. The highest BCUT2D eigenvalue weighted by atomic mass is 16.5. The van der Waals surface area contributed by atoms with Crippen molar-refractivity contribution in [1.82, 2.24) is 14.9 Å². The first-order valence-electron chi connectivity index (χ1n) is 9.07. The molecular weight excluding hydrogens is 326 g/mol. The molecule has 1 aliphatic rings. The molecule has 0 amide bonds. The van der Waals surface area contributed by atoms with Crippen molar-refractivity contribution in [2.75, 3.05) is 20.2 Å². The van der Waals surface area contributed by atoms with Gasteiger partial charge in [0.05, 0.1) is 23.7 Å². The lowest BCUT2D eigenvalue weighted by atomic mass is 9.96. The number of piperidine rings is 1. The van der Waals surface area contributed by atoms with E-state index in [2.05, 4.69) is 22.0 Å². The molecule has 1 fully saturated rings. The Balaban J connectivity index is 1.35. The number of likely N-dealkylation sites (tertiary alicyclic amines) is 1. The van der Waals surface area contributed by atoms with E-state index in [-0.39, 0.29) is 5.97 Å². The Bertz CT molecular complexity index is 860. The maximum Gasteiger partial charge on any atom is 0.337 e. The second-order valence-corrected chi connectivity index (χ2v) is 6.88. The molecule has 5 nitrogen and oxygen atoms in total. The zero-order valence-corrected chi connectivity index (χ0v) is 14.9. The van der Waals surface area contributed by atoms with Crippen LogP contribution in [0.15, 0.2) is 48.5 Å². The third kappa shape index (κ3) is 3.48. The molecule has 0 atom stereocenters. The van der Waals surface area contributed by atoms with E-state index in [1.54, 1.807) is 0 Å². The minimum Gasteiger partial charge on any atom is -0.465 e. The smallest absolute Gasteiger partial charge is 0.337 e. The topological polar surface area (TPSA) is 58.2 Å². The van der Waals surface area contributed by atoms with E-state index in [4.69, 9.17) is 9.72 Å². The summed E-state index contributed by atoms with van der Waals surface area (Å²) in [6, 6.07) is 15.9. The number of hydrogen-bond donors (Lipinski definition) is 1. The Morgan fingerprint density at radius 2 is 1.88 bits per heavy atom. The number of imidazole rings is 1. The number of benzene rings is 2. The zero-order chi connectivity index (χ0) is 17.9. The first kappa shape index (κ1) is 16.8. The Morgan fingerprint density at radius 1 is 1.15 bits per heavy atom. The van der Waals surface area contributed by atoms with Crippen molar-refractivity contribution >= 4 is 17.0 Å². The SMILES string of the molecule is COC(=O)c1ccc(CN2CCC(c3nc4ccccc4[nH]3)CC2)cc1. The number of carbonyl (C=O) groups is 1. The number of nitrogens with one attached hydrogen (secondary N) is 1. The van der Waals surface area contributed by atoms with Gasteiger partial charge in [0.15, 0.2) is 0 Å². The highest BCUT2D eigenvalue weighted by Crippen LogP contribution is 2.28. The van der Waals surface area contributed by atoms with E-state index in [0.29, 0.717) is 11.5 Å². The van der Waals surface area contributed by atoms with Crippen molar-refractivity contribution in [3.05, 3.63) is 65.5 Å². The van der Waals surface area contributed by atoms with Crippen molar-refractivity contribution < 1.29 is 9.53 Å². The van der Waals surface area contributed by atoms with Crippen LogP contribution in [0.2, 0.25) is 0 Å². The predicted molar refractivity (Wildman–Crippen MR) is 101 cm³/mol. The number of nitrogens with zero attached hydrogens (tertiary/aromatic N) is 2. The summed E-state index contributed by atoms with van der Waals surface area (Å²) >= 11 is 0. The van der Waals surface area contributed by atoms with Gasteiger partial charge in [-0.3, -0.25) is 4.90 Å². The van der Waals surface area contributed by atoms with E-state index < -0.39 is 0 Å². The summed E-state index contributed by atoms with van der Waals surface area (Å²) in [7, 11) is 1.41. The van der Waals surface area contributed by atoms with Crippen molar-refractivity contribution in [3.63, 3.8) is 0 Å². The first-order valence-corrected chi connectivity index (χ1v) is 9.07. The van der Waals surface area contributed by atoms with Crippen molar-refractivity contribution in [2.24, 2.45) is 0 Å². The number of para-hydroxylation sites is 2. The number of H-pyrrole nitrogens is 1. The number of fused-ring (bicyclic) bond motifs is 1. The molecule has 1 aromatic heterocycles. The second-order valence-electron chi connectivity index (χ2n) is 6.88.